The van der Waals surface area contributed by atoms with Crippen molar-refractivity contribution in [3.63, 3.8) is 0 Å². The van der Waals surface area contributed by atoms with Gasteiger partial charge in [-0.3, -0.25) is 4.72 Å². The molecule has 18 heteroatoms. The maximum atomic E-state index is 14.1. The summed E-state index contributed by atoms with van der Waals surface area (Å²) in [5, 5.41) is 6.41. The second-order valence-electron chi connectivity index (χ2n) is 8.32. The minimum Gasteiger partial charge on any atom is -0.463 e. The van der Waals surface area contributed by atoms with Crippen molar-refractivity contribution < 1.29 is 39.9 Å². The van der Waals surface area contributed by atoms with Crippen LogP contribution in [-0.4, -0.2) is 74.3 Å². The third kappa shape index (κ3) is 7.95. The van der Waals surface area contributed by atoms with Crippen LogP contribution in [0.1, 0.15) is 26.3 Å². The molecule has 2 aromatic rings. The summed E-state index contributed by atoms with van der Waals surface area (Å²) in [5.74, 6) is -3.50. The molecule has 1 saturated heterocycles. The molecule has 3 atom stereocenters. The van der Waals surface area contributed by atoms with Crippen molar-refractivity contribution in [1.29, 1.82) is 0 Å². The van der Waals surface area contributed by atoms with E-state index >= 15 is 0 Å². The standard InChI is InChI=1S/C21H28F2N6O7S3/c1-4-35-20(30)13(3)36-17-10-16(26-21(27-17)37-11-14-6-5-7-15(22)18(14)23)28-38(31,32)19-12(2)25-8-9-29(19)39(24,33)34/h5-7,10,12-13,19,25H,4,8-9,11H2,1-3H3,(H2,24,33,34)(H,26,27,28)/t12-,13+,19?/m0/s1. The van der Waals surface area contributed by atoms with Crippen molar-refractivity contribution in [3.8, 4) is 5.88 Å². The number of nitrogens with one attached hydrogen (secondary N) is 2. The normalized spacial score (nSPS) is 19.3. The average molecular weight is 611 g/mol. The van der Waals surface area contributed by atoms with E-state index in [0.29, 0.717) is 4.31 Å². The predicted molar refractivity (Wildman–Crippen MR) is 138 cm³/mol. The zero-order chi connectivity index (χ0) is 29.0. The van der Waals surface area contributed by atoms with Gasteiger partial charge in [-0.1, -0.05) is 23.9 Å². The van der Waals surface area contributed by atoms with E-state index in [2.05, 4.69) is 20.0 Å². The summed E-state index contributed by atoms with van der Waals surface area (Å²) in [6, 6.07) is 3.89. The first-order valence-electron chi connectivity index (χ1n) is 11.6. The number of aromatic nitrogens is 2. The van der Waals surface area contributed by atoms with E-state index < -0.39 is 55.4 Å². The molecule has 13 nitrogen and oxygen atoms in total. The Morgan fingerprint density at radius 1 is 1.31 bits per heavy atom. The molecule has 2 heterocycles. The lowest BCUT2D eigenvalue weighted by Crippen LogP contribution is -2.63. The Bertz CT molecular complexity index is 1410. The molecule has 1 aromatic heterocycles. The van der Waals surface area contributed by atoms with Crippen LogP contribution >= 0.6 is 11.8 Å². The van der Waals surface area contributed by atoms with Crippen molar-refractivity contribution in [2.24, 2.45) is 5.14 Å². The first-order valence-corrected chi connectivity index (χ1v) is 15.6. The number of rotatable bonds is 11. The number of anilines is 1. The van der Waals surface area contributed by atoms with Gasteiger partial charge in [0.05, 0.1) is 6.61 Å². The van der Waals surface area contributed by atoms with E-state index in [4.69, 9.17) is 14.6 Å². The number of sulfonamides is 1. The van der Waals surface area contributed by atoms with Gasteiger partial charge in [-0.05, 0) is 26.8 Å². The molecule has 3 rings (SSSR count). The Morgan fingerprint density at radius 3 is 2.69 bits per heavy atom. The van der Waals surface area contributed by atoms with Crippen molar-refractivity contribution in [3.05, 3.63) is 41.5 Å². The second-order valence-corrected chi connectivity index (χ2v) is 12.5. The zero-order valence-corrected chi connectivity index (χ0v) is 23.6. The first-order chi connectivity index (χ1) is 18.2. The monoisotopic (exact) mass is 610 g/mol. The Hall–Kier alpha value is -2.64. The van der Waals surface area contributed by atoms with Gasteiger partial charge >= 0.3 is 5.97 Å². The third-order valence-corrected chi connectivity index (χ3v) is 9.27. The summed E-state index contributed by atoms with van der Waals surface area (Å²) in [7, 11) is -8.87. The molecule has 0 spiro atoms. The van der Waals surface area contributed by atoms with Crippen LogP contribution in [0.5, 0.6) is 5.88 Å². The Kier molecular flexibility index (Phi) is 10.1. The highest BCUT2D eigenvalue weighted by atomic mass is 32.2. The summed E-state index contributed by atoms with van der Waals surface area (Å²) in [6.45, 7) is 4.55. The lowest BCUT2D eigenvalue weighted by molar-refractivity contribution is -0.150. The number of nitrogens with two attached hydrogens (primary N) is 1. The Balaban J connectivity index is 1.95. The van der Waals surface area contributed by atoms with Crippen molar-refractivity contribution in [1.82, 2.24) is 19.6 Å². The topological polar surface area (TPSA) is 183 Å². The quantitative estimate of drug-likeness (QED) is 0.187. The highest BCUT2D eigenvalue weighted by Crippen LogP contribution is 2.28. The van der Waals surface area contributed by atoms with Gasteiger partial charge in [-0.15, -0.1) is 0 Å². The smallest absolute Gasteiger partial charge is 0.347 e. The number of esters is 1. The van der Waals surface area contributed by atoms with Gasteiger partial charge in [-0.25, -0.2) is 32.1 Å². The number of hydrogen-bond acceptors (Lipinski definition) is 11. The van der Waals surface area contributed by atoms with Gasteiger partial charge in [0.15, 0.2) is 28.3 Å². The Morgan fingerprint density at radius 2 is 2.03 bits per heavy atom. The maximum absolute atomic E-state index is 14.1. The number of benzene rings is 1. The van der Waals surface area contributed by atoms with Gasteiger partial charge in [0.1, 0.15) is 5.82 Å². The molecule has 0 radical (unpaired) electrons. The fourth-order valence-corrected chi connectivity index (χ4v) is 7.56. The van der Waals surface area contributed by atoms with Gasteiger partial charge < -0.3 is 14.8 Å². The van der Waals surface area contributed by atoms with E-state index in [1.165, 1.54) is 26.0 Å². The largest absolute Gasteiger partial charge is 0.463 e. The van der Waals surface area contributed by atoms with Crippen LogP contribution in [0.25, 0.3) is 0 Å². The number of ether oxygens (including phenoxy) is 2. The summed E-state index contributed by atoms with van der Waals surface area (Å²) >= 11 is 0.839. The van der Waals surface area contributed by atoms with E-state index in [1.807, 2.05) is 0 Å². The van der Waals surface area contributed by atoms with E-state index in [0.717, 1.165) is 23.9 Å². The Labute approximate surface area is 229 Å². The van der Waals surface area contributed by atoms with E-state index in [-0.39, 0.29) is 47.9 Å². The summed E-state index contributed by atoms with van der Waals surface area (Å²) in [5.41, 5.74) is 0.00263. The van der Waals surface area contributed by atoms with Crippen LogP contribution < -0.4 is 19.9 Å². The summed E-state index contributed by atoms with van der Waals surface area (Å²) in [6.07, 6.45) is -1.14. The summed E-state index contributed by atoms with van der Waals surface area (Å²) < 4.78 is 91.9. The van der Waals surface area contributed by atoms with Crippen LogP contribution in [-0.2, 0) is 35.5 Å². The molecule has 4 N–H and O–H groups in total. The minimum absolute atomic E-state index is 0.00263. The second kappa shape index (κ2) is 12.7. The first kappa shape index (κ1) is 30.9. The number of hydrogen-bond donors (Lipinski definition) is 3. The fourth-order valence-electron chi connectivity index (χ4n) is 3.65. The molecule has 1 fully saturated rings. The molecule has 216 valence electrons. The number of thioether (sulfide) groups is 1. The van der Waals surface area contributed by atoms with Gasteiger partial charge in [0.25, 0.3) is 20.2 Å². The lowest BCUT2D eigenvalue weighted by atomic mass is 10.2. The molecule has 1 unspecified atom stereocenters. The van der Waals surface area contributed by atoms with Crippen molar-refractivity contribution in [2.45, 2.75) is 49.2 Å². The minimum atomic E-state index is -4.49. The molecule has 39 heavy (non-hydrogen) atoms. The van der Waals surface area contributed by atoms with Crippen molar-refractivity contribution in [2.75, 3.05) is 24.4 Å². The molecular weight excluding hydrogens is 582 g/mol. The van der Waals surface area contributed by atoms with Crippen LogP contribution in [0, 0.1) is 11.6 Å². The van der Waals surface area contributed by atoms with Gasteiger partial charge in [-0.2, -0.15) is 17.7 Å². The number of nitrogens with zero attached hydrogens (tertiary/aromatic N) is 3. The van der Waals surface area contributed by atoms with Crippen LogP contribution in [0.2, 0.25) is 0 Å². The van der Waals surface area contributed by atoms with E-state index in [1.54, 1.807) is 6.92 Å². The van der Waals surface area contributed by atoms with Crippen LogP contribution in [0.3, 0.4) is 0 Å². The third-order valence-electron chi connectivity index (χ3n) is 5.39. The molecule has 0 aliphatic carbocycles. The average Bonchev–Trinajstić information content (AvgIpc) is 2.83. The highest BCUT2D eigenvalue weighted by Gasteiger charge is 2.43. The number of carbonyl (C=O) groups excluding carboxylic acids is 1. The van der Waals surface area contributed by atoms with E-state index in [9.17, 15) is 30.4 Å². The molecule has 0 amide bonds. The highest BCUT2D eigenvalue weighted by molar-refractivity contribution is 7.98. The fraction of sp³-hybridized carbons (Fsp3) is 0.476. The molecule has 0 bridgehead atoms. The molecule has 0 saturated carbocycles. The molecule has 1 aliphatic heterocycles. The van der Waals surface area contributed by atoms with Gasteiger partial charge in [0.2, 0.25) is 5.88 Å². The molecular formula is C21H28F2N6O7S3. The van der Waals surface area contributed by atoms with Crippen LogP contribution in [0.4, 0.5) is 14.6 Å². The molecule has 1 aromatic carbocycles. The lowest BCUT2D eigenvalue weighted by Gasteiger charge is -2.37. The number of carbonyl (C=O) groups is 1. The summed E-state index contributed by atoms with van der Waals surface area (Å²) in [4.78, 5) is 20.3. The zero-order valence-electron chi connectivity index (χ0n) is 21.1. The van der Waals surface area contributed by atoms with Gasteiger partial charge in [0, 0.05) is 36.5 Å². The SMILES string of the molecule is CCOC(=O)[C@@H](C)Oc1cc(NS(=O)(=O)C2[C@H](C)NCCN2S(N)(=O)=O)nc(SCc2cccc(F)c2F)n1. The predicted octanol–water partition coefficient (Wildman–Crippen LogP) is 0.943. The number of halogens is 2. The van der Waals surface area contributed by atoms with Crippen LogP contribution in [0.15, 0.2) is 29.4 Å². The molecule has 1 aliphatic rings. The van der Waals surface area contributed by atoms with Crippen molar-refractivity contribution >= 4 is 43.8 Å². The number of piperazine rings is 1. The maximum Gasteiger partial charge on any atom is 0.347 e.